The van der Waals surface area contributed by atoms with Gasteiger partial charge in [-0.25, -0.2) is 14.8 Å². The van der Waals surface area contributed by atoms with Crippen molar-refractivity contribution in [2.24, 2.45) is 0 Å². The molecule has 2 rings (SSSR count). The summed E-state index contributed by atoms with van der Waals surface area (Å²) in [5.41, 5.74) is 0.0137. The highest BCUT2D eigenvalue weighted by Gasteiger charge is 2.36. The zero-order valence-corrected chi connectivity index (χ0v) is 13.0. The molecule has 0 spiro atoms. The highest BCUT2D eigenvalue weighted by atomic mass is 19.4. The predicted octanol–water partition coefficient (Wildman–Crippen LogP) is 3.32. The number of benzene rings is 1. The summed E-state index contributed by atoms with van der Waals surface area (Å²) in [6.45, 7) is 1.78. The van der Waals surface area contributed by atoms with Crippen molar-refractivity contribution in [3.8, 4) is 5.75 Å². The fraction of sp³-hybridized carbons (Fsp3) is 0.400. The van der Waals surface area contributed by atoms with E-state index in [4.69, 9.17) is 4.74 Å². The molecule has 0 amide bonds. The van der Waals surface area contributed by atoms with Crippen molar-refractivity contribution in [2.75, 3.05) is 12.4 Å². The number of methoxy groups -OCH3 is 1. The van der Waals surface area contributed by atoms with Gasteiger partial charge in [0.05, 0.1) is 12.6 Å². The molecule has 1 heterocycles. The number of anilines is 1. The molecule has 9 heteroatoms. The van der Waals surface area contributed by atoms with Crippen molar-refractivity contribution in [3.05, 3.63) is 24.0 Å². The first kappa shape index (κ1) is 17.8. The van der Waals surface area contributed by atoms with Gasteiger partial charge in [-0.15, -0.1) is 0 Å². The maximum Gasteiger partial charge on any atom is 0.451 e. The Morgan fingerprint density at radius 3 is 2.62 bits per heavy atom. The van der Waals surface area contributed by atoms with Gasteiger partial charge in [-0.2, -0.15) is 13.2 Å². The van der Waals surface area contributed by atoms with E-state index in [1.54, 1.807) is 13.0 Å². The number of hydrogen-bond donors (Lipinski definition) is 2. The maximum absolute atomic E-state index is 13.0. The number of fused-ring (bicyclic) bond motifs is 1. The number of aromatic nitrogens is 2. The number of nitrogens with one attached hydrogen (secondary N) is 1. The third kappa shape index (κ3) is 3.84. The molecule has 0 aliphatic carbocycles. The molecule has 6 nitrogen and oxygen atoms in total. The Morgan fingerprint density at radius 1 is 1.38 bits per heavy atom. The first-order valence-electron chi connectivity index (χ1n) is 7.18. The van der Waals surface area contributed by atoms with Gasteiger partial charge in [0.25, 0.3) is 0 Å². The Balaban J connectivity index is 2.59. The van der Waals surface area contributed by atoms with Crippen LogP contribution in [0.5, 0.6) is 5.75 Å². The van der Waals surface area contributed by atoms with Gasteiger partial charge in [0.2, 0.25) is 5.82 Å². The predicted molar refractivity (Wildman–Crippen MR) is 81.0 cm³/mol. The second kappa shape index (κ2) is 6.90. The Bertz CT molecular complexity index is 750. The summed E-state index contributed by atoms with van der Waals surface area (Å²) in [4.78, 5) is 18.3. The SMILES string of the molecule is CCCC(Nc1nc(C(F)(F)F)nc2cc(OC)ccc12)C(=O)O. The summed E-state index contributed by atoms with van der Waals surface area (Å²) in [6, 6.07) is 3.32. The van der Waals surface area contributed by atoms with Crippen LogP contribution in [0, 0.1) is 0 Å². The number of alkyl halides is 3. The van der Waals surface area contributed by atoms with Crippen LogP contribution in [0.25, 0.3) is 10.9 Å². The molecular weight excluding hydrogens is 327 g/mol. The molecule has 0 fully saturated rings. The second-order valence-electron chi connectivity index (χ2n) is 5.10. The number of rotatable bonds is 6. The van der Waals surface area contributed by atoms with Crippen LogP contribution in [0.15, 0.2) is 18.2 Å². The van der Waals surface area contributed by atoms with Crippen LogP contribution in [-0.4, -0.2) is 34.2 Å². The molecule has 2 N–H and O–H groups in total. The number of carbonyl (C=O) groups is 1. The Morgan fingerprint density at radius 2 is 2.08 bits per heavy atom. The lowest BCUT2D eigenvalue weighted by Gasteiger charge is -2.17. The van der Waals surface area contributed by atoms with Gasteiger partial charge in [-0.05, 0) is 18.6 Å². The molecule has 0 saturated heterocycles. The Hall–Kier alpha value is -2.58. The van der Waals surface area contributed by atoms with Crippen molar-refractivity contribution in [2.45, 2.75) is 32.0 Å². The van der Waals surface area contributed by atoms with Crippen LogP contribution in [0.2, 0.25) is 0 Å². The zero-order valence-electron chi connectivity index (χ0n) is 13.0. The number of carboxylic acids is 1. The maximum atomic E-state index is 13.0. The largest absolute Gasteiger partial charge is 0.497 e. The third-order valence-corrected chi connectivity index (χ3v) is 3.34. The van der Waals surface area contributed by atoms with Crippen LogP contribution in [0.4, 0.5) is 19.0 Å². The number of carboxylic acid groups (broad SMARTS) is 1. The summed E-state index contributed by atoms with van der Waals surface area (Å²) in [5, 5.41) is 12.1. The third-order valence-electron chi connectivity index (χ3n) is 3.34. The lowest BCUT2D eigenvalue weighted by Crippen LogP contribution is -2.30. The van der Waals surface area contributed by atoms with E-state index in [0.29, 0.717) is 12.2 Å². The normalized spacial score (nSPS) is 12.9. The van der Waals surface area contributed by atoms with E-state index in [1.807, 2.05) is 0 Å². The minimum absolute atomic E-state index is 0.0137. The van der Waals surface area contributed by atoms with E-state index in [-0.39, 0.29) is 23.1 Å². The topological polar surface area (TPSA) is 84.3 Å². The van der Waals surface area contributed by atoms with E-state index in [2.05, 4.69) is 15.3 Å². The van der Waals surface area contributed by atoms with Crippen molar-refractivity contribution in [1.82, 2.24) is 9.97 Å². The summed E-state index contributed by atoms with van der Waals surface area (Å²) < 4.78 is 44.1. The van der Waals surface area contributed by atoms with E-state index in [1.165, 1.54) is 19.2 Å². The van der Waals surface area contributed by atoms with Crippen molar-refractivity contribution in [3.63, 3.8) is 0 Å². The average Bonchev–Trinajstić information content (AvgIpc) is 2.52. The summed E-state index contributed by atoms with van der Waals surface area (Å²) >= 11 is 0. The lowest BCUT2D eigenvalue weighted by atomic mass is 10.1. The Labute approximate surface area is 135 Å². The number of nitrogens with zero attached hydrogens (tertiary/aromatic N) is 2. The second-order valence-corrected chi connectivity index (χ2v) is 5.10. The molecular formula is C15H16F3N3O3. The highest BCUT2D eigenvalue weighted by molar-refractivity contribution is 5.91. The smallest absolute Gasteiger partial charge is 0.451 e. The molecule has 2 aromatic rings. The minimum Gasteiger partial charge on any atom is -0.497 e. The molecule has 0 aliphatic rings. The van der Waals surface area contributed by atoms with Crippen LogP contribution in [-0.2, 0) is 11.0 Å². The molecule has 1 atom stereocenters. The summed E-state index contributed by atoms with van der Waals surface area (Å²) in [7, 11) is 1.38. The van der Waals surface area contributed by atoms with Crippen molar-refractivity contribution >= 4 is 22.7 Å². The molecule has 0 saturated carbocycles. The van der Waals surface area contributed by atoms with Gasteiger partial charge in [0.1, 0.15) is 17.6 Å². The fourth-order valence-corrected chi connectivity index (χ4v) is 2.18. The lowest BCUT2D eigenvalue weighted by molar-refractivity contribution is -0.144. The van der Waals surface area contributed by atoms with Crippen LogP contribution >= 0.6 is 0 Å². The van der Waals surface area contributed by atoms with E-state index in [0.717, 1.165) is 0 Å². The van der Waals surface area contributed by atoms with Crippen LogP contribution in [0.1, 0.15) is 25.6 Å². The van der Waals surface area contributed by atoms with Crippen molar-refractivity contribution in [1.29, 1.82) is 0 Å². The molecule has 0 bridgehead atoms. The van der Waals surface area contributed by atoms with Crippen LogP contribution in [0.3, 0.4) is 0 Å². The standard InChI is InChI=1S/C15H16F3N3O3/c1-3-4-10(13(22)23)19-12-9-6-5-8(24-2)7-11(9)20-14(21-12)15(16,17)18/h5-7,10H,3-4H2,1-2H3,(H,22,23)(H,19,20,21). The molecule has 24 heavy (non-hydrogen) atoms. The van der Waals surface area contributed by atoms with E-state index in [9.17, 15) is 23.1 Å². The van der Waals surface area contributed by atoms with Gasteiger partial charge in [-0.1, -0.05) is 13.3 Å². The van der Waals surface area contributed by atoms with Crippen molar-refractivity contribution < 1.29 is 27.8 Å². The molecule has 0 radical (unpaired) electrons. The average molecular weight is 343 g/mol. The Kier molecular flexibility index (Phi) is 5.10. The zero-order chi connectivity index (χ0) is 17.9. The number of hydrogen-bond acceptors (Lipinski definition) is 5. The molecule has 0 aliphatic heterocycles. The first-order valence-corrected chi connectivity index (χ1v) is 7.18. The molecule has 130 valence electrons. The van der Waals surface area contributed by atoms with Gasteiger partial charge < -0.3 is 15.2 Å². The van der Waals surface area contributed by atoms with Gasteiger partial charge in [-0.3, -0.25) is 0 Å². The van der Waals surface area contributed by atoms with Gasteiger partial charge in [0.15, 0.2) is 0 Å². The fourth-order valence-electron chi connectivity index (χ4n) is 2.18. The molecule has 1 unspecified atom stereocenters. The summed E-state index contributed by atoms with van der Waals surface area (Å²) in [6.07, 6.45) is -3.96. The number of ether oxygens (including phenoxy) is 1. The highest BCUT2D eigenvalue weighted by Crippen LogP contribution is 2.32. The molecule has 1 aromatic carbocycles. The monoisotopic (exact) mass is 343 g/mol. The molecule has 1 aromatic heterocycles. The van der Waals surface area contributed by atoms with E-state index >= 15 is 0 Å². The number of aliphatic carboxylic acids is 1. The van der Waals surface area contributed by atoms with Gasteiger partial charge >= 0.3 is 12.1 Å². The number of halogens is 3. The van der Waals surface area contributed by atoms with E-state index < -0.39 is 24.0 Å². The van der Waals surface area contributed by atoms with Crippen LogP contribution < -0.4 is 10.1 Å². The van der Waals surface area contributed by atoms with Gasteiger partial charge in [0, 0.05) is 11.5 Å². The minimum atomic E-state index is -4.75. The summed E-state index contributed by atoms with van der Waals surface area (Å²) in [5.74, 6) is -2.34. The quantitative estimate of drug-likeness (QED) is 0.837. The first-order chi connectivity index (χ1) is 11.3.